The van der Waals surface area contributed by atoms with E-state index in [4.69, 9.17) is 0 Å². The first-order chi connectivity index (χ1) is 9.43. The lowest BCUT2D eigenvalue weighted by Gasteiger charge is -2.08. The van der Waals surface area contributed by atoms with Crippen molar-refractivity contribution in [3.05, 3.63) is 65.7 Å². The molecule has 0 unspecified atom stereocenters. The van der Waals surface area contributed by atoms with Crippen LogP contribution in [0.4, 0.5) is 0 Å². The predicted octanol–water partition coefficient (Wildman–Crippen LogP) is 5.59. The lowest BCUT2D eigenvalue weighted by molar-refractivity contribution is 1.35. The van der Waals surface area contributed by atoms with Crippen LogP contribution in [0.15, 0.2) is 54.6 Å². The van der Waals surface area contributed by atoms with E-state index in [9.17, 15) is 0 Å². The molecule has 0 saturated carbocycles. The summed E-state index contributed by atoms with van der Waals surface area (Å²) < 4.78 is 0. The first kappa shape index (κ1) is 12.0. The van der Waals surface area contributed by atoms with Gasteiger partial charge in [-0.15, -0.1) is 0 Å². The minimum absolute atomic E-state index is 1.07. The summed E-state index contributed by atoms with van der Waals surface area (Å²) >= 11 is 0. The van der Waals surface area contributed by atoms with E-state index in [0.29, 0.717) is 0 Å². The second kappa shape index (κ2) is 4.89. The van der Waals surface area contributed by atoms with Crippen LogP contribution in [0, 0.1) is 0 Å². The normalized spacial score (nSPS) is 12.3. The van der Waals surface area contributed by atoms with E-state index in [1.54, 1.807) is 0 Å². The highest BCUT2D eigenvalue weighted by Gasteiger charge is 2.10. The number of benzene rings is 3. The molecule has 0 atom stereocenters. The Labute approximate surface area is 114 Å². The second-order valence-electron chi connectivity index (χ2n) is 4.62. The zero-order valence-corrected chi connectivity index (χ0v) is 11.5. The topological polar surface area (TPSA) is 0 Å². The minimum Gasteiger partial charge on any atom is -0.0795 e. The number of hydrogen-bond acceptors (Lipinski definition) is 0. The molecule has 0 amide bonds. The summed E-state index contributed by atoms with van der Waals surface area (Å²) in [6.45, 7) is 4.00. The second-order valence-corrected chi connectivity index (χ2v) is 4.62. The molecule has 0 N–H and O–H groups in total. The third-order valence-corrected chi connectivity index (χ3v) is 3.69. The number of allylic oxidation sites excluding steroid dienone is 1. The molecule has 1 aliphatic carbocycles. The molecular weight excluding hydrogens is 228 g/mol. The fraction of sp³-hybridized carbons (Fsp3) is 0.158. The molecule has 0 heteroatoms. The van der Waals surface area contributed by atoms with Gasteiger partial charge in [-0.05, 0) is 39.1 Å². The van der Waals surface area contributed by atoms with E-state index in [1.807, 2.05) is 13.8 Å². The van der Waals surface area contributed by atoms with Crippen molar-refractivity contribution in [2.75, 3.05) is 0 Å². The first-order valence-electron chi connectivity index (χ1n) is 7.03. The molecule has 3 aromatic carbocycles. The zero-order chi connectivity index (χ0) is 13.2. The molecule has 0 nitrogen and oxygen atoms in total. The molecule has 0 fully saturated rings. The van der Waals surface area contributed by atoms with E-state index in [0.717, 1.165) is 6.42 Å². The Hall–Kier alpha value is -2.08. The molecule has 0 heterocycles. The predicted molar refractivity (Wildman–Crippen MR) is 85.5 cm³/mol. The van der Waals surface area contributed by atoms with Crippen LogP contribution in [0.3, 0.4) is 0 Å². The quantitative estimate of drug-likeness (QED) is 0.454. The molecule has 0 radical (unpaired) electrons. The summed E-state index contributed by atoms with van der Waals surface area (Å²) in [7, 11) is 0. The van der Waals surface area contributed by atoms with Crippen molar-refractivity contribution in [2.45, 2.75) is 20.3 Å². The van der Waals surface area contributed by atoms with Crippen molar-refractivity contribution in [2.24, 2.45) is 0 Å². The Morgan fingerprint density at radius 1 is 0.737 bits per heavy atom. The lowest BCUT2D eigenvalue weighted by atomic mass is 9.96. The highest BCUT2D eigenvalue weighted by Crippen LogP contribution is 2.32. The van der Waals surface area contributed by atoms with Gasteiger partial charge < -0.3 is 0 Å². The van der Waals surface area contributed by atoms with Gasteiger partial charge in [0.1, 0.15) is 0 Å². The molecule has 0 aliphatic heterocycles. The molecule has 4 rings (SSSR count). The van der Waals surface area contributed by atoms with Gasteiger partial charge in [-0.25, -0.2) is 0 Å². The van der Waals surface area contributed by atoms with E-state index >= 15 is 0 Å². The van der Waals surface area contributed by atoms with Crippen molar-refractivity contribution < 1.29 is 0 Å². The van der Waals surface area contributed by atoms with E-state index in [-0.39, 0.29) is 0 Å². The number of rotatable bonds is 0. The highest BCUT2D eigenvalue weighted by atomic mass is 14.1. The summed E-state index contributed by atoms with van der Waals surface area (Å²) in [4.78, 5) is 0. The van der Waals surface area contributed by atoms with Crippen LogP contribution < -0.4 is 0 Å². The summed E-state index contributed by atoms with van der Waals surface area (Å²) in [5, 5.41) is 5.47. The maximum Gasteiger partial charge on any atom is -0.00820 e. The first-order valence-corrected chi connectivity index (χ1v) is 7.03. The van der Waals surface area contributed by atoms with Crippen molar-refractivity contribution in [1.82, 2.24) is 0 Å². The smallest absolute Gasteiger partial charge is 0.00820 e. The third-order valence-electron chi connectivity index (χ3n) is 3.69. The van der Waals surface area contributed by atoms with E-state index in [2.05, 4.69) is 60.7 Å². The van der Waals surface area contributed by atoms with Crippen molar-refractivity contribution >= 4 is 27.6 Å². The van der Waals surface area contributed by atoms with Gasteiger partial charge in [-0.3, -0.25) is 0 Å². The standard InChI is InChI=1S/C17H12.C2H6/c1-2-6-14-12(4-1)8-10-17-15-7-3-5-13(15)9-11-16(14)17;1-2/h1-6,8-11H,7H2;1-2H3. The zero-order valence-electron chi connectivity index (χ0n) is 11.5. The summed E-state index contributed by atoms with van der Waals surface area (Å²) in [5.74, 6) is 0. The number of fused-ring (bicyclic) bond motifs is 5. The molecule has 0 bridgehead atoms. The van der Waals surface area contributed by atoms with Gasteiger partial charge in [0.25, 0.3) is 0 Å². The largest absolute Gasteiger partial charge is 0.0795 e. The monoisotopic (exact) mass is 246 g/mol. The molecular formula is C19H18. The van der Waals surface area contributed by atoms with Crippen LogP contribution in [0.1, 0.15) is 25.0 Å². The van der Waals surface area contributed by atoms with Gasteiger partial charge in [0.2, 0.25) is 0 Å². The van der Waals surface area contributed by atoms with Gasteiger partial charge in [0, 0.05) is 0 Å². The van der Waals surface area contributed by atoms with E-state index < -0.39 is 0 Å². The Kier molecular flexibility index (Phi) is 3.08. The van der Waals surface area contributed by atoms with Crippen LogP contribution in [-0.4, -0.2) is 0 Å². The van der Waals surface area contributed by atoms with Crippen molar-refractivity contribution in [1.29, 1.82) is 0 Å². The van der Waals surface area contributed by atoms with Crippen LogP contribution >= 0.6 is 0 Å². The van der Waals surface area contributed by atoms with Gasteiger partial charge in [0.05, 0.1) is 0 Å². The Balaban J connectivity index is 0.000000528. The maximum absolute atomic E-state index is 2.27. The Morgan fingerprint density at radius 2 is 1.53 bits per heavy atom. The summed E-state index contributed by atoms with van der Waals surface area (Å²) in [6, 6.07) is 17.6. The summed E-state index contributed by atoms with van der Waals surface area (Å²) in [5.41, 5.74) is 2.86. The average molecular weight is 246 g/mol. The summed E-state index contributed by atoms with van der Waals surface area (Å²) in [6.07, 6.45) is 5.55. The molecule has 0 spiro atoms. The van der Waals surface area contributed by atoms with Crippen LogP contribution in [-0.2, 0) is 6.42 Å². The van der Waals surface area contributed by atoms with Crippen molar-refractivity contribution in [3.63, 3.8) is 0 Å². The van der Waals surface area contributed by atoms with Gasteiger partial charge in [-0.1, -0.05) is 74.5 Å². The van der Waals surface area contributed by atoms with E-state index in [1.165, 1.54) is 32.7 Å². The van der Waals surface area contributed by atoms with Crippen LogP contribution in [0.25, 0.3) is 27.6 Å². The lowest BCUT2D eigenvalue weighted by Crippen LogP contribution is -1.86. The SMILES string of the molecule is C1=Cc2ccc3c(ccc4ccccc43)c2C1.CC. The number of hydrogen-bond donors (Lipinski definition) is 0. The molecule has 0 saturated heterocycles. The van der Waals surface area contributed by atoms with Crippen LogP contribution in [0.2, 0.25) is 0 Å². The van der Waals surface area contributed by atoms with Gasteiger partial charge in [-0.2, -0.15) is 0 Å². The maximum atomic E-state index is 2.27. The minimum atomic E-state index is 1.07. The Bertz CT molecular complexity index is 763. The highest BCUT2D eigenvalue weighted by molar-refractivity contribution is 6.09. The molecule has 0 aromatic heterocycles. The Morgan fingerprint density at radius 3 is 2.42 bits per heavy atom. The van der Waals surface area contributed by atoms with Gasteiger partial charge in [0.15, 0.2) is 0 Å². The molecule has 94 valence electrons. The van der Waals surface area contributed by atoms with Crippen LogP contribution in [0.5, 0.6) is 0 Å². The fourth-order valence-corrected chi connectivity index (χ4v) is 2.86. The third kappa shape index (κ3) is 1.84. The molecule has 1 aliphatic rings. The fourth-order valence-electron chi connectivity index (χ4n) is 2.86. The molecule has 3 aromatic rings. The van der Waals surface area contributed by atoms with Crippen molar-refractivity contribution in [3.8, 4) is 0 Å². The molecule has 19 heavy (non-hydrogen) atoms. The average Bonchev–Trinajstić information content (AvgIpc) is 2.97. The van der Waals surface area contributed by atoms with Gasteiger partial charge >= 0.3 is 0 Å².